The largest absolute Gasteiger partial charge is 0.361 e. The van der Waals surface area contributed by atoms with Crippen molar-refractivity contribution in [3.05, 3.63) is 64.8 Å². The normalized spacial score (nSPS) is 18.9. The van der Waals surface area contributed by atoms with Gasteiger partial charge in [-0.2, -0.15) is 5.10 Å². The first-order valence-corrected chi connectivity index (χ1v) is 9.77. The molecule has 3 heterocycles. The van der Waals surface area contributed by atoms with Gasteiger partial charge in [0.05, 0.1) is 29.7 Å². The topological polar surface area (TPSA) is 87.6 Å². The molecule has 2 aromatic heterocycles. The molecule has 1 aliphatic rings. The standard InChI is InChI=1S/C21H23F2N5O3/c1-12-16(13(2)31-25-12)11-26-10-15(8-24-26)28-19(29)21(3,4)27(20(28)30)9-14-6-5-7-17(22)18(14)23/h5-8,10,20,30H,9,11H2,1-4H3. The molecule has 1 saturated heterocycles. The zero-order valence-corrected chi connectivity index (χ0v) is 17.6. The molecule has 1 amide bonds. The highest BCUT2D eigenvalue weighted by Crippen LogP contribution is 2.35. The number of aromatic nitrogens is 3. The third-order valence-corrected chi connectivity index (χ3v) is 5.74. The van der Waals surface area contributed by atoms with Crippen LogP contribution in [0.25, 0.3) is 0 Å². The number of hydrogen-bond donors (Lipinski definition) is 1. The first-order chi connectivity index (χ1) is 14.6. The van der Waals surface area contributed by atoms with Crippen molar-refractivity contribution in [2.24, 2.45) is 0 Å². The molecule has 8 nitrogen and oxygen atoms in total. The van der Waals surface area contributed by atoms with Crippen LogP contribution in [0.4, 0.5) is 14.5 Å². The van der Waals surface area contributed by atoms with Crippen LogP contribution in [0.5, 0.6) is 0 Å². The summed E-state index contributed by atoms with van der Waals surface area (Å²) in [5.74, 6) is -1.68. The lowest BCUT2D eigenvalue weighted by molar-refractivity contribution is -0.123. The molecule has 164 valence electrons. The van der Waals surface area contributed by atoms with E-state index in [-0.39, 0.29) is 18.0 Å². The molecule has 1 N–H and O–H groups in total. The summed E-state index contributed by atoms with van der Waals surface area (Å²) < 4.78 is 34.6. The average Bonchev–Trinajstić information content (AvgIpc) is 3.34. The molecule has 0 radical (unpaired) electrons. The second-order valence-corrected chi connectivity index (χ2v) is 8.12. The fourth-order valence-electron chi connectivity index (χ4n) is 3.79. The highest BCUT2D eigenvalue weighted by molar-refractivity contribution is 6.02. The number of aryl methyl sites for hydroxylation is 2. The Labute approximate surface area is 177 Å². The molecule has 0 spiro atoms. The highest BCUT2D eigenvalue weighted by atomic mass is 19.2. The van der Waals surface area contributed by atoms with Crippen molar-refractivity contribution < 1.29 is 23.2 Å². The molecule has 1 unspecified atom stereocenters. The van der Waals surface area contributed by atoms with Gasteiger partial charge in [-0.1, -0.05) is 17.3 Å². The van der Waals surface area contributed by atoms with Gasteiger partial charge in [0.1, 0.15) is 5.76 Å². The fourth-order valence-corrected chi connectivity index (χ4v) is 3.79. The van der Waals surface area contributed by atoms with Gasteiger partial charge in [0, 0.05) is 23.9 Å². The van der Waals surface area contributed by atoms with Gasteiger partial charge >= 0.3 is 0 Å². The third-order valence-electron chi connectivity index (χ3n) is 5.74. The van der Waals surface area contributed by atoms with Crippen molar-refractivity contribution in [3.8, 4) is 0 Å². The Kier molecular flexibility index (Phi) is 5.14. The molecule has 0 saturated carbocycles. The van der Waals surface area contributed by atoms with E-state index in [1.165, 1.54) is 28.1 Å². The molecule has 0 bridgehead atoms. The molecule has 1 fully saturated rings. The number of halogens is 2. The summed E-state index contributed by atoms with van der Waals surface area (Å²) in [5, 5.41) is 19.1. The molecule has 1 atom stereocenters. The molecule has 0 aliphatic carbocycles. The van der Waals surface area contributed by atoms with Gasteiger partial charge in [-0.25, -0.2) is 13.7 Å². The van der Waals surface area contributed by atoms with E-state index in [2.05, 4.69) is 10.3 Å². The van der Waals surface area contributed by atoms with Crippen LogP contribution in [0.15, 0.2) is 35.1 Å². The predicted molar refractivity (Wildman–Crippen MR) is 107 cm³/mol. The second kappa shape index (κ2) is 7.54. The van der Waals surface area contributed by atoms with Gasteiger partial charge in [0.2, 0.25) is 5.91 Å². The number of carbonyl (C=O) groups is 1. The minimum absolute atomic E-state index is 0.0517. The number of benzene rings is 1. The minimum Gasteiger partial charge on any atom is -0.361 e. The molecule has 3 aromatic rings. The van der Waals surface area contributed by atoms with E-state index in [0.717, 1.165) is 17.3 Å². The molecule has 1 aromatic carbocycles. The number of rotatable bonds is 5. The van der Waals surface area contributed by atoms with E-state index < -0.39 is 23.5 Å². The van der Waals surface area contributed by atoms with Gasteiger partial charge in [0.25, 0.3) is 0 Å². The van der Waals surface area contributed by atoms with E-state index >= 15 is 0 Å². The average molecular weight is 431 g/mol. The molecule has 31 heavy (non-hydrogen) atoms. The van der Waals surface area contributed by atoms with Gasteiger partial charge in [-0.05, 0) is 33.8 Å². The van der Waals surface area contributed by atoms with Crippen molar-refractivity contribution in [2.45, 2.75) is 52.7 Å². The lowest BCUT2D eigenvalue weighted by atomic mass is 10.0. The van der Waals surface area contributed by atoms with E-state index in [4.69, 9.17) is 4.52 Å². The lowest BCUT2D eigenvalue weighted by Crippen LogP contribution is -2.45. The van der Waals surface area contributed by atoms with Crippen molar-refractivity contribution in [1.29, 1.82) is 0 Å². The Balaban J connectivity index is 1.60. The summed E-state index contributed by atoms with van der Waals surface area (Å²) >= 11 is 0. The van der Waals surface area contributed by atoms with Crippen LogP contribution in [0.2, 0.25) is 0 Å². The van der Waals surface area contributed by atoms with Crippen LogP contribution in [0.1, 0.15) is 36.4 Å². The molecular weight excluding hydrogens is 408 g/mol. The van der Waals surface area contributed by atoms with Crippen molar-refractivity contribution >= 4 is 11.6 Å². The van der Waals surface area contributed by atoms with Gasteiger partial charge < -0.3 is 9.63 Å². The van der Waals surface area contributed by atoms with Crippen molar-refractivity contribution in [3.63, 3.8) is 0 Å². The predicted octanol–water partition coefficient (Wildman–Crippen LogP) is 2.72. The summed E-state index contributed by atoms with van der Waals surface area (Å²) in [4.78, 5) is 15.7. The van der Waals surface area contributed by atoms with E-state index in [1.807, 2.05) is 6.92 Å². The number of hydrogen-bond acceptors (Lipinski definition) is 6. The summed E-state index contributed by atoms with van der Waals surface area (Å²) in [6.45, 7) is 7.14. The van der Waals surface area contributed by atoms with Crippen LogP contribution < -0.4 is 4.90 Å². The van der Waals surface area contributed by atoms with E-state index in [1.54, 1.807) is 31.6 Å². The Morgan fingerprint density at radius 1 is 1.23 bits per heavy atom. The first-order valence-electron chi connectivity index (χ1n) is 9.77. The van der Waals surface area contributed by atoms with Crippen LogP contribution in [0, 0.1) is 25.5 Å². The smallest absolute Gasteiger partial charge is 0.250 e. The number of carbonyl (C=O) groups excluding carboxylic acids is 1. The zero-order valence-electron chi connectivity index (χ0n) is 17.6. The Hall–Kier alpha value is -3.11. The summed E-state index contributed by atoms with van der Waals surface area (Å²) in [6.07, 6.45) is 1.73. The number of aliphatic hydroxyl groups is 1. The van der Waals surface area contributed by atoms with Crippen molar-refractivity contribution in [1.82, 2.24) is 19.8 Å². The van der Waals surface area contributed by atoms with Crippen LogP contribution in [-0.2, 0) is 17.9 Å². The SMILES string of the molecule is Cc1noc(C)c1Cn1cc(N2C(=O)C(C)(C)N(Cc3cccc(F)c3F)C2O)cn1. The van der Waals surface area contributed by atoms with Crippen LogP contribution in [-0.4, -0.2) is 42.7 Å². The highest BCUT2D eigenvalue weighted by Gasteiger charge is 2.52. The first kappa shape index (κ1) is 21.1. The molecule has 10 heteroatoms. The second-order valence-electron chi connectivity index (χ2n) is 8.12. The fraction of sp³-hybridized carbons (Fsp3) is 0.381. The quantitative estimate of drug-likeness (QED) is 0.669. The minimum atomic E-state index is -1.37. The summed E-state index contributed by atoms with van der Waals surface area (Å²) in [7, 11) is 0. The van der Waals surface area contributed by atoms with Crippen molar-refractivity contribution in [2.75, 3.05) is 4.90 Å². The van der Waals surface area contributed by atoms with E-state index in [9.17, 15) is 18.7 Å². The molecular formula is C21H23F2N5O3. The van der Waals surface area contributed by atoms with Crippen LogP contribution >= 0.6 is 0 Å². The molecule has 1 aliphatic heterocycles. The number of amides is 1. The molecule has 4 rings (SSSR count). The van der Waals surface area contributed by atoms with Gasteiger partial charge in [-0.15, -0.1) is 0 Å². The summed E-state index contributed by atoms with van der Waals surface area (Å²) in [6, 6.07) is 3.84. The number of nitrogens with zero attached hydrogens (tertiary/aromatic N) is 5. The monoisotopic (exact) mass is 431 g/mol. The zero-order chi connectivity index (χ0) is 22.5. The maximum atomic E-state index is 14.2. The number of aliphatic hydroxyl groups excluding tert-OH is 1. The maximum Gasteiger partial charge on any atom is 0.250 e. The Morgan fingerprint density at radius 2 is 1.97 bits per heavy atom. The van der Waals surface area contributed by atoms with Gasteiger partial charge in [-0.3, -0.25) is 14.4 Å². The summed E-state index contributed by atoms with van der Waals surface area (Å²) in [5.41, 5.74) is 0.917. The Bertz CT molecular complexity index is 1120. The Morgan fingerprint density at radius 3 is 2.65 bits per heavy atom. The van der Waals surface area contributed by atoms with Crippen LogP contribution in [0.3, 0.4) is 0 Å². The maximum absolute atomic E-state index is 14.2. The number of anilines is 1. The lowest BCUT2D eigenvalue weighted by Gasteiger charge is -2.30. The van der Waals surface area contributed by atoms with E-state index in [0.29, 0.717) is 18.0 Å². The van der Waals surface area contributed by atoms with Gasteiger partial charge in [0.15, 0.2) is 18.0 Å². The third kappa shape index (κ3) is 3.51.